The van der Waals surface area contributed by atoms with E-state index in [0.29, 0.717) is 6.61 Å². The summed E-state index contributed by atoms with van der Waals surface area (Å²) in [6.45, 7) is 2.57. The second-order valence-electron chi connectivity index (χ2n) is 8.64. The van der Waals surface area contributed by atoms with Gasteiger partial charge in [-0.1, -0.05) is 103 Å². The van der Waals surface area contributed by atoms with Crippen molar-refractivity contribution < 1.29 is 24.2 Å². The smallest absolute Gasteiger partial charge is 0.320 e. The van der Waals surface area contributed by atoms with Gasteiger partial charge in [-0.3, -0.25) is 14.5 Å². The number of rotatable bonds is 23. The molecule has 0 saturated carbocycles. The van der Waals surface area contributed by atoms with E-state index in [1.54, 1.807) is 11.9 Å². The Morgan fingerprint density at radius 2 is 0.968 bits per heavy atom. The van der Waals surface area contributed by atoms with Gasteiger partial charge in [0.15, 0.2) is 0 Å². The van der Waals surface area contributed by atoms with Crippen LogP contribution < -0.4 is 0 Å². The van der Waals surface area contributed by atoms with Crippen LogP contribution >= 0.6 is 0 Å². The first kappa shape index (κ1) is 29.9. The van der Waals surface area contributed by atoms with E-state index in [4.69, 9.17) is 14.6 Å². The molecule has 0 aromatic carbocycles. The maximum Gasteiger partial charge on any atom is 0.320 e. The summed E-state index contributed by atoms with van der Waals surface area (Å²) in [6, 6.07) is 0. The fourth-order valence-corrected chi connectivity index (χ4v) is 3.58. The van der Waals surface area contributed by atoms with Gasteiger partial charge in [0, 0.05) is 0 Å². The van der Waals surface area contributed by atoms with Crippen LogP contribution in [0.15, 0.2) is 0 Å². The SMILES string of the molecule is CCCCCCCCCCCCCCCCCCOC(=O)CN(C)CC(=O)OCCO. The highest BCUT2D eigenvalue weighted by atomic mass is 16.5. The molecular weight excluding hydrogens is 394 g/mol. The number of carbonyl (C=O) groups is 2. The largest absolute Gasteiger partial charge is 0.465 e. The molecule has 0 aliphatic heterocycles. The summed E-state index contributed by atoms with van der Waals surface area (Å²) < 4.78 is 9.98. The fraction of sp³-hybridized carbons (Fsp3) is 0.920. The Labute approximate surface area is 191 Å². The van der Waals surface area contributed by atoms with E-state index < -0.39 is 5.97 Å². The third kappa shape index (κ3) is 23.4. The third-order valence-corrected chi connectivity index (χ3v) is 5.41. The predicted molar refractivity (Wildman–Crippen MR) is 126 cm³/mol. The van der Waals surface area contributed by atoms with Gasteiger partial charge in [0.1, 0.15) is 6.61 Å². The molecule has 6 nitrogen and oxygen atoms in total. The molecule has 0 aromatic heterocycles. The fourth-order valence-electron chi connectivity index (χ4n) is 3.58. The van der Waals surface area contributed by atoms with E-state index in [-0.39, 0.29) is 32.3 Å². The van der Waals surface area contributed by atoms with Gasteiger partial charge < -0.3 is 14.6 Å². The molecule has 184 valence electrons. The molecular formula is C25H49NO5. The molecule has 0 bridgehead atoms. The van der Waals surface area contributed by atoms with Crippen molar-refractivity contribution in [1.82, 2.24) is 4.90 Å². The van der Waals surface area contributed by atoms with Crippen molar-refractivity contribution in [2.24, 2.45) is 0 Å². The summed E-state index contributed by atoms with van der Waals surface area (Å²) in [5.41, 5.74) is 0. The number of esters is 2. The number of hydrogen-bond donors (Lipinski definition) is 1. The van der Waals surface area contributed by atoms with E-state index in [9.17, 15) is 9.59 Å². The average Bonchev–Trinajstić information content (AvgIpc) is 2.74. The molecule has 0 aliphatic rings. The van der Waals surface area contributed by atoms with Crippen molar-refractivity contribution >= 4 is 11.9 Å². The summed E-state index contributed by atoms with van der Waals surface area (Å²) in [4.78, 5) is 24.7. The predicted octanol–water partition coefficient (Wildman–Crippen LogP) is 5.26. The molecule has 31 heavy (non-hydrogen) atoms. The quantitative estimate of drug-likeness (QED) is 0.171. The standard InChI is InChI=1S/C25H49NO5/c1-3-4-5-6-7-8-9-10-11-12-13-14-15-16-17-18-20-30-24(28)22-26(2)23-25(29)31-21-19-27/h27H,3-23H2,1-2H3. The Balaban J connectivity index is 3.30. The summed E-state index contributed by atoms with van der Waals surface area (Å²) in [5, 5.41) is 8.60. The lowest BCUT2D eigenvalue weighted by molar-refractivity contribution is -0.148. The molecule has 1 N–H and O–H groups in total. The molecule has 0 atom stereocenters. The Hall–Kier alpha value is -1.14. The Morgan fingerprint density at radius 3 is 1.35 bits per heavy atom. The van der Waals surface area contributed by atoms with Crippen LogP contribution in [0.3, 0.4) is 0 Å². The summed E-state index contributed by atoms with van der Waals surface area (Å²) in [6.07, 6.45) is 21.1. The van der Waals surface area contributed by atoms with Crippen molar-refractivity contribution in [2.45, 2.75) is 110 Å². The summed E-state index contributed by atoms with van der Waals surface area (Å²) in [5.74, 6) is -0.777. The third-order valence-electron chi connectivity index (χ3n) is 5.41. The minimum Gasteiger partial charge on any atom is -0.465 e. The van der Waals surface area contributed by atoms with Crippen LogP contribution in [0.4, 0.5) is 0 Å². The normalized spacial score (nSPS) is 11.1. The van der Waals surface area contributed by atoms with Gasteiger partial charge in [-0.15, -0.1) is 0 Å². The highest BCUT2D eigenvalue weighted by molar-refractivity contribution is 5.74. The molecule has 0 spiro atoms. The first-order valence-electron chi connectivity index (χ1n) is 12.7. The molecule has 0 heterocycles. The molecule has 0 radical (unpaired) electrons. The first-order chi connectivity index (χ1) is 15.1. The summed E-state index contributed by atoms with van der Waals surface area (Å²) in [7, 11) is 1.66. The lowest BCUT2D eigenvalue weighted by atomic mass is 10.0. The topological polar surface area (TPSA) is 76.1 Å². The first-order valence-corrected chi connectivity index (χ1v) is 12.7. The van der Waals surface area contributed by atoms with Gasteiger partial charge >= 0.3 is 11.9 Å². The Morgan fingerprint density at radius 1 is 0.613 bits per heavy atom. The van der Waals surface area contributed by atoms with Crippen LogP contribution in [0, 0.1) is 0 Å². The van der Waals surface area contributed by atoms with Crippen LogP contribution in [-0.2, 0) is 19.1 Å². The van der Waals surface area contributed by atoms with Crippen LogP contribution in [0.2, 0.25) is 0 Å². The summed E-state index contributed by atoms with van der Waals surface area (Å²) >= 11 is 0. The minimum absolute atomic E-state index is 0.00808. The molecule has 6 heteroatoms. The maximum absolute atomic E-state index is 11.8. The number of unbranched alkanes of at least 4 members (excludes halogenated alkanes) is 15. The molecule has 0 aliphatic carbocycles. The second-order valence-corrected chi connectivity index (χ2v) is 8.64. The van der Waals surface area contributed by atoms with Gasteiger partial charge in [0.2, 0.25) is 0 Å². The van der Waals surface area contributed by atoms with Crippen molar-refractivity contribution in [3.63, 3.8) is 0 Å². The van der Waals surface area contributed by atoms with Gasteiger partial charge in [-0.2, -0.15) is 0 Å². The van der Waals surface area contributed by atoms with Crippen LogP contribution in [0.25, 0.3) is 0 Å². The highest BCUT2D eigenvalue weighted by Gasteiger charge is 2.12. The van der Waals surface area contributed by atoms with E-state index in [1.165, 1.54) is 89.9 Å². The number of nitrogens with zero attached hydrogens (tertiary/aromatic N) is 1. The van der Waals surface area contributed by atoms with Crippen molar-refractivity contribution in [1.29, 1.82) is 0 Å². The van der Waals surface area contributed by atoms with Crippen molar-refractivity contribution in [2.75, 3.05) is 40.0 Å². The number of aliphatic hydroxyl groups is 1. The van der Waals surface area contributed by atoms with E-state index in [0.717, 1.165) is 12.8 Å². The zero-order chi connectivity index (χ0) is 23.0. The second kappa shape index (κ2) is 23.5. The Kier molecular flexibility index (Phi) is 22.7. The van der Waals surface area contributed by atoms with Crippen molar-refractivity contribution in [3.05, 3.63) is 0 Å². The van der Waals surface area contributed by atoms with E-state index in [2.05, 4.69) is 6.92 Å². The van der Waals surface area contributed by atoms with Gasteiger partial charge in [0.05, 0.1) is 26.3 Å². The number of ether oxygens (including phenoxy) is 2. The molecule has 0 aromatic rings. The van der Waals surface area contributed by atoms with E-state index >= 15 is 0 Å². The lowest BCUT2D eigenvalue weighted by Gasteiger charge is -2.14. The number of likely N-dealkylation sites (N-methyl/N-ethyl adjacent to an activating group) is 1. The zero-order valence-electron chi connectivity index (χ0n) is 20.4. The van der Waals surface area contributed by atoms with E-state index in [1.807, 2.05) is 0 Å². The molecule has 0 saturated heterocycles. The van der Waals surface area contributed by atoms with Crippen LogP contribution in [0.5, 0.6) is 0 Å². The monoisotopic (exact) mass is 443 g/mol. The van der Waals surface area contributed by atoms with Crippen LogP contribution in [-0.4, -0.2) is 61.9 Å². The van der Waals surface area contributed by atoms with Gasteiger partial charge in [-0.25, -0.2) is 0 Å². The molecule has 0 fully saturated rings. The molecule has 0 unspecified atom stereocenters. The van der Waals surface area contributed by atoms with Gasteiger partial charge in [0.25, 0.3) is 0 Å². The average molecular weight is 444 g/mol. The maximum atomic E-state index is 11.8. The number of aliphatic hydroxyl groups excluding tert-OH is 1. The molecule has 0 rings (SSSR count). The van der Waals surface area contributed by atoms with Gasteiger partial charge in [-0.05, 0) is 13.5 Å². The highest BCUT2D eigenvalue weighted by Crippen LogP contribution is 2.13. The lowest BCUT2D eigenvalue weighted by Crippen LogP contribution is -2.33. The van der Waals surface area contributed by atoms with Crippen LogP contribution in [0.1, 0.15) is 110 Å². The molecule has 0 amide bonds. The minimum atomic E-state index is -0.456. The Bertz CT molecular complexity index is 417. The van der Waals surface area contributed by atoms with Crippen molar-refractivity contribution in [3.8, 4) is 0 Å². The zero-order valence-corrected chi connectivity index (χ0v) is 20.4. The number of hydrogen-bond acceptors (Lipinski definition) is 6. The number of carbonyl (C=O) groups excluding carboxylic acids is 2.